The predicted octanol–water partition coefficient (Wildman–Crippen LogP) is 0.142. The van der Waals surface area contributed by atoms with Crippen molar-refractivity contribution in [1.29, 1.82) is 0 Å². The Balaban J connectivity index is 2.87. The molecule has 0 aliphatic rings. The molecule has 1 rings (SSSR count). The first-order valence-corrected chi connectivity index (χ1v) is 5.45. The van der Waals surface area contributed by atoms with Gasteiger partial charge in [-0.15, -0.1) is 0 Å². The van der Waals surface area contributed by atoms with E-state index in [2.05, 4.69) is 10.6 Å². The number of nitrogens with two attached hydrogens (primary N) is 1. The number of nitrogens with one attached hydrogen (secondary N) is 2. The number of carbonyl (C=O) groups is 2. The quantitative estimate of drug-likeness (QED) is 0.664. The van der Waals surface area contributed by atoms with Crippen molar-refractivity contribution in [3.63, 3.8) is 0 Å². The monoisotopic (exact) mass is 251 g/mol. The highest BCUT2D eigenvalue weighted by Gasteiger charge is 2.17. The van der Waals surface area contributed by atoms with Crippen molar-refractivity contribution in [2.45, 2.75) is 13.0 Å². The number of rotatable bonds is 4. The van der Waals surface area contributed by atoms with Crippen LogP contribution in [0.3, 0.4) is 0 Å². The molecule has 98 valence electrons. The highest BCUT2D eigenvalue weighted by molar-refractivity contribution is 6.01. The molecule has 1 unspecified atom stereocenters. The average Bonchev–Trinajstić information content (AvgIpc) is 2.38. The summed E-state index contributed by atoms with van der Waals surface area (Å²) in [4.78, 5) is 23.2. The molecule has 0 saturated carbocycles. The summed E-state index contributed by atoms with van der Waals surface area (Å²) in [5, 5.41) is 5.00. The van der Waals surface area contributed by atoms with Crippen molar-refractivity contribution >= 4 is 17.5 Å². The molecule has 1 aromatic carbocycles. The second-order valence-electron chi connectivity index (χ2n) is 3.76. The summed E-state index contributed by atoms with van der Waals surface area (Å²) in [7, 11) is 3.01. The van der Waals surface area contributed by atoms with E-state index in [1.165, 1.54) is 20.2 Å². The van der Waals surface area contributed by atoms with Crippen LogP contribution in [0.1, 0.15) is 17.3 Å². The molecule has 4 N–H and O–H groups in total. The highest BCUT2D eigenvalue weighted by Crippen LogP contribution is 2.19. The standard InChI is InChI=1S/C12H17N3O3/c1-7(11(16)14-2)15-12(17)9-6-8(18-3)4-5-10(9)13/h4-7H,13H2,1-3H3,(H,14,16)(H,15,17). The molecule has 1 atom stereocenters. The predicted molar refractivity (Wildman–Crippen MR) is 68.4 cm³/mol. The topological polar surface area (TPSA) is 93.5 Å². The first kappa shape index (κ1) is 13.8. The number of hydrogen-bond donors (Lipinski definition) is 3. The first-order chi connectivity index (χ1) is 8.49. The van der Waals surface area contributed by atoms with E-state index in [0.29, 0.717) is 11.4 Å². The van der Waals surface area contributed by atoms with Gasteiger partial charge in [0.2, 0.25) is 5.91 Å². The lowest BCUT2D eigenvalue weighted by atomic mass is 10.1. The van der Waals surface area contributed by atoms with Crippen LogP contribution >= 0.6 is 0 Å². The number of carbonyl (C=O) groups excluding carboxylic acids is 2. The molecule has 0 spiro atoms. The Hall–Kier alpha value is -2.24. The maximum Gasteiger partial charge on any atom is 0.254 e. The molecular weight excluding hydrogens is 234 g/mol. The Morgan fingerprint density at radius 3 is 2.61 bits per heavy atom. The van der Waals surface area contributed by atoms with Gasteiger partial charge in [0, 0.05) is 12.7 Å². The first-order valence-electron chi connectivity index (χ1n) is 5.45. The van der Waals surface area contributed by atoms with Crippen LogP contribution in [0.25, 0.3) is 0 Å². The number of anilines is 1. The summed E-state index contributed by atoms with van der Waals surface area (Å²) >= 11 is 0. The maximum atomic E-state index is 11.9. The molecule has 18 heavy (non-hydrogen) atoms. The lowest BCUT2D eigenvalue weighted by Gasteiger charge is -2.13. The molecular formula is C12H17N3O3. The van der Waals surface area contributed by atoms with Crippen molar-refractivity contribution in [1.82, 2.24) is 10.6 Å². The van der Waals surface area contributed by atoms with Crippen LogP contribution in [0.4, 0.5) is 5.69 Å². The summed E-state index contributed by atoms with van der Waals surface area (Å²) in [6.45, 7) is 1.59. The molecule has 0 bridgehead atoms. The molecule has 0 aromatic heterocycles. The largest absolute Gasteiger partial charge is 0.497 e. The van der Waals surface area contributed by atoms with Gasteiger partial charge in [-0.05, 0) is 25.1 Å². The lowest BCUT2D eigenvalue weighted by molar-refractivity contribution is -0.122. The van der Waals surface area contributed by atoms with Crippen LogP contribution in [-0.4, -0.2) is 32.0 Å². The summed E-state index contributed by atoms with van der Waals surface area (Å²) in [5.41, 5.74) is 6.33. The van der Waals surface area contributed by atoms with Gasteiger partial charge in [-0.2, -0.15) is 0 Å². The zero-order valence-electron chi connectivity index (χ0n) is 10.6. The van der Waals surface area contributed by atoms with E-state index in [9.17, 15) is 9.59 Å². The smallest absolute Gasteiger partial charge is 0.254 e. The number of nitrogen functional groups attached to an aromatic ring is 1. The zero-order chi connectivity index (χ0) is 13.7. The van der Waals surface area contributed by atoms with Crippen molar-refractivity contribution < 1.29 is 14.3 Å². The van der Waals surface area contributed by atoms with Crippen LogP contribution in [0.2, 0.25) is 0 Å². The van der Waals surface area contributed by atoms with Crippen molar-refractivity contribution in [3.05, 3.63) is 23.8 Å². The fraction of sp³-hybridized carbons (Fsp3) is 0.333. The van der Waals surface area contributed by atoms with E-state index >= 15 is 0 Å². The van der Waals surface area contributed by atoms with E-state index in [1.807, 2.05) is 0 Å². The normalized spacial score (nSPS) is 11.5. The van der Waals surface area contributed by atoms with Crippen molar-refractivity contribution in [2.75, 3.05) is 19.9 Å². The van der Waals surface area contributed by atoms with Crippen LogP contribution in [0.5, 0.6) is 5.75 Å². The van der Waals surface area contributed by atoms with Crippen molar-refractivity contribution in [2.24, 2.45) is 0 Å². The minimum Gasteiger partial charge on any atom is -0.497 e. The second kappa shape index (κ2) is 5.90. The van der Waals surface area contributed by atoms with Gasteiger partial charge in [0.1, 0.15) is 11.8 Å². The summed E-state index contributed by atoms with van der Waals surface area (Å²) in [5.74, 6) is -0.158. The third-order valence-electron chi connectivity index (χ3n) is 2.49. The molecule has 0 saturated heterocycles. The fourth-order valence-electron chi connectivity index (χ4n) is 1.42. The summed E-state index contributed by atoms with van der Waals surface area (Å²) in [6.07, 6.45) is 0. The molecule has 0 aliphatic heterocycles. The van der Waals surface area contributed by atoms with Gasteiger partial charge in [-0.3, -0.25) is 9.59 Å². The van der Waals surface area contributed by atoms with Gasteiger partial charge in [0.15, 0.2) is 0 Å². The Morgan fingerprint density at radius 2 is 2.06 bits per heavy atom. The number of likely N-dealkylation sites (N-methyl/N-ethyl adjacent to an activating group) is 1. The molecule has 2 amide bonds. The fourth-order valence-corrected chi connectivity index (χ4v) is 1.42. The molecule has 1 aromatic rings. The van der Waals surface area contributed by atoms with E-state index in [1.54, 1.807) is 19.1 Å². The number of methoxy groups -OCH3 is 1. The van der Waals surface area contributed by atoms with E-state index < -0.39 is 11.9 Å². The summed E-state index contributed by atoms with van der Waals surface area (Å²) < 4.78 is 5.02. The van der Waals surface area contributed by atoms with Crippen LogP contribution in [0, 0.1) is 0 Å². The van der Waals surface area contributed by atoms with Gasteiger partial charge in [-0.25, -0.2) is 0 Å². The Labute approximate surface area is 105 Å². The van der Waals surface area contributed by atoms with Crippen molar-refractivity contribution in [3.8, 4) is 5.75 Å². The van der Waals surface area contributed by atoms with Crippen LogP contribution in [0.15, 0.2) is 18.2 Å². The van der Waals surface area contributed by atoms with Crippen LogP contribution < -0.4 is 21.1 Å². The van der Waals surface area contributed by atoms with Gasteiger partial charge in [0.05, 0.1) is 12.7 Å². The minimum absolute atomic E-state index is 0.273. The summed E-state index contributed by atoms with van der Waals surface area (Å²) in [6, 6.07) is 4.14. The third kappa shape index (κ3) is 3.13. The van der Waals surface area contributed by atoms with E-state index in [-0.39, 0.29) is 11.5 Å². The van der Waals surface area contributed by atoms with Gasteiger partial charge in [0.25, 0.3) is 5.91 Å². The molecule has 0 fully saturated rings. The number of hydrogen-bond acceptors (Lipinski definition) is 4. The zero-order valence-corrected chi connectivity index (χ0v) is 10.6. The molecule has 0 radical (unpaired) electrons. The molecule has 6 heteroatoms. The number of benzene rings is 1. The van der Waals surface area contributed by atoms with E-state index in [4.69, 9.17) is 10.5 Å². The number of amides is 2. The second-order valence-corrected chi connectivity index (χ2v) is 3.76. The van der Waals surface area contributed by atoms with Gasteiger partial charge in [-0.1, -0.05) is 0 Å². The maximum absolute atomic E-state index is 11.9. The third-order valence-corrected chi connectivity index (χ3v) is 2.49. The molecule has 0 aliphatic carbocycles. The SMILES string of the molecule is CNC(=O)C(C)NC(=O)c1cc(OC)ccc1N. The lowest BCUT2D eigenvalue weighted by Crippen LogP contribution is -2.43. The van der Waals surface area contributed by atoms with E-state index in [0.717, 1.165) is 0 Å². The Bertz CT molecular complexity index is 460. The van der Waals surface area contributed by atoms with Gasteiger partial charge < -0.3 is 21.1 Å². The number of ether oxygens (including phenoxy) is 1. The van der Waals surface area contributed by atoms with Gasteiger partial charge >= 0.3 is 0 Å². The molecule has 0 heterocycles. The Kier molecular flexibility index (Phi) is 4.53. The highest BCUT2D eigenvalue weighted by atomic mass is 16.5. The molecule has 6 nitrogen and oxygen atoms in total. The minimum atomic E-state index is -0.631. The Morgan fingerprint density at radius 1 is 1.39 bits per heavy atom. The van der Waals surface area contributed by atoms with Crippen LogP contribution in [-0.2, 0) is 4.79 Å². The average molecular weight is 251 g/mol.